The minimum atomic E-state index is -0.0742. The number of carbonyl (C=O) groups excluding carboxylic acids is 1. The van der Waals surface area contributed by atoms with E-state index in [1.807, 2.05) is 68.6 Å². The second kappa shape index (κ2) is 8.25. The standard InChI is InChI=1S/C18H20ClNOS/c1-3-17(22-16-11-9-15(19)10-12-16)18(21)20(2)13-14-7-5-4-6-8-14/h4-12,17H,3,13H2,1-2H3/t17-/m1/s1. The van der Waals surface area contributed by atoms with E-state index in [0.29, 0.717) is 11.6 Å². The van der Waals surface area contributed by atoms with E-state index in [0.717, 1.165) is 16.9 Å². The average molecular weight is 334 g/mol. The van der Waals surface area contributed by atoms with Crippen LogP contribution >= 0.6 is 23.4 Å². The first kappa shape index (κ1) is 16.9. The van der Waals surface area contributed by atoms with Crippen molar-refractivity contribution < 1.29 is 4.79 Å². The van der Waals surface area contributed by atoms with Crippen LogP contribution < -0.4 is 0 Å². The molecule has 0 N–H and O–H groups in total. The Balaban J connectivity index is 2.00. The van der Waals surface area contributed by atoms with Crippen molar-refractivity contribution in [3.63, 3.8) is 0 Å². The van der Waals surface area contributed by atoms with Gasteiger partial charge in [-0.15, -0.1) is 11.8 Å². The second-order valence-electron chi connectivity index (χ2n) is 5.15. The Labute approximate surface area is 141 Å². The largest absolute Gasteiger partial charge is 0.340 e. The number of thioether (sulfide) groups is 1. The van der Waals surface area contributed by atoms with Gasteiger partial charge in [-0.05, 0) is 36.2 Å². The lowest BCUT2D eigenvalue weighted by Crippen LogP contribution is -2.34. The number of hydrogen-bond donors (Lipinski definition) is 0. The molecule has 2 rings (SSSR count). The molecule has 0 spiro atoms. The van der Waals surface area contributed by atoms with Crippen molar-refractivity contribution in [2.24, 2.45) is 0 Å². The first-order valence-electron chi connectivity index (χ1n) is 7.31. The third-order valence-electron chi connectivity index (χ3n) is 3.38. The number of hydrogen-bond acceptors (Lipinski definition) is 2. The van der Waals surface area contributed by atoms with Gasteiger partial charge < -0.3 is 4.90 Å². The van der Waals surface area contributed by atoms with E-state index in [1.165, 1.54) is 0 Å². The summed E-state index contributed by atoms with van der Waals surface area (Å²) in [6.45, 7) is 2.68. The number of benzene rings is 2. The van der Waals surface area contributed by atoms with Gasteiger partial charge in [0, 0.05) is 23.5 Å². The van der Waals surface area contributed by atoms with Crippen molar-refractivity contribution in [3.05, 3.63) is 65.2 Å². The molecule has 0 aliphatic heterocycles. The number of halogens is 1. The molecule has 4 heteroatoms. The van der Waals surface area contributed by atoms with E-state index in [2.05, 4.69) is 0 Å². The fourth-order valence-corrected chi connectivity index (χ4v) is 3.36. The molecule has 0 radical (unpaired) electrons. The van der Waals surface area contributed by atoms with Crippen molar-refractivity contribution in [2.45, 2.75) is 30.0 Å². The van der Waals surface area contributed by atoms with Crippen molar-refractivity contribution >= 4 is 29.3 Å². The third-order valence-corrected chi connectivity index (χ3v) is 4.99. The summed E-state index contributed by atoms with van der Waals surface area (Å²) in [6, 6.07) is 17.7. The van der Waals surface area contributed by atoms with Gasteiger partial charge in [0.2, 0.25) is 5.91 Å². The topological polar surface area (TPSA) is 20.3 Å². The number of carbonyl (C=O) groups is 1. The Kier molecular flexibility index (Phi) is 6.34. The second-order valence-corrected chi connectivity index (χ2v) is 6.86. The normalized spacial score (nSPS) is 12.0. The summed E-state index contributed by atoms with van der Waals surface area (Å²) in [5, 5.41) is 0.639. The maximum Gasteiger partial charge on any atom is 0.236 e. The summed E-state index contributed by atoms with van der Waals surface area (Å²) in [4.78, 5) is 15.5. The van der Waals surface area contributed by atoms with Gasteiger partial charge in [-0.2, -0.15) is 0 Å². The molecule has 0 heterocycles. The molecule has 2 aromatic carbocycles. The Morgan fingerprint density at radius 2 is 1.77 bits per heavy atom. The highest BCUT2D eigenvalue weighted by atomic mass is 35.5. The zero-order valence-electron chi connectivity index (χ0n) is 12.8. The SMILES string of the molecule is CC[C@@H](Sc1ccc(Cl)cc1)C(=O)N(C)Cc1ccccc1. The molecule has 116 valence electrons. The molecular formula is C18H20ClNOS. The molecule has 0 fully saturated rings. The van der Waals surface area contributed by atoms with Crippen LogP contribution in [0.2, 0.25) is 5.02 Å². The Bertz CT molecular complexity index is 600. The lowest BCUT2D eigenvalue weighted by molar-refractivity contribution is -0.129. The maximum atomic E-state index is 12.6. The summed E-state index contributed by atoms with van der Waals surface area (Å²) < 4.78 is 0. The molecule has 0 saturated heterocycles. The molecule has 0 saturated carbocycles. The fraction of sp³-hybridized carbons (Fsp3) is 0.278. The molecule has 22 heavy (non-hydrogen) atoms. The van der Waals surface area contributed by atoms with Crippen LogP contribution in [0.25, 0.3) is 0 Å². The number of nitrogens with zero attached hydrogens (tertiary/aromatic N) is 1. The summed E-state index contributed by atoms with van der Waals surface area (Å²) in [7, 11) is 1.86. The Morgan fingerprint density at radius 3 is 2.36 bits per heavy atom. The molecule has 2 aromatic rings. The van der Waals surface area contributed by atoms with Gasteiger partial charge in [-0.25, -0.2) is 0 Å². The average Bonchev–Trinajstić information content (AvgIpc) is 2.54. The maximum absolute atomic E-state index is 12.6. The quantitative estimate of drug-likeness (QED) is 0.703. The Hall–Kier alpha value is -1.45. The van der Waals surface area contributed by atoms with E-state index in [-0.39, 0.29) is 11.2 Å². The van der Waals surface area contributed by atoms with E-state index in [9.17, 15) is 4.79 Å². The van der Waals surface area contributed by atoms with Gasteiger partial charge in [0.25, 0.3) is 0 Å². The van der Waals surface area contributed by atoms with Crippen LogP contribution in [0, 0.1) is 0 Å². The first-order valence-corrected chi connectivity index (χ1v) is 8.57. The number of amides is 1. The molecule has 2 nitrogen and oxygen atoms in total. The zero-order valence-corrected chi connectivity index (χ0v) is 14.4. The molecule has 1 atom stereocenters. The molecule has 1 amide bonds. The highest BCUT2D eigenvalue weighted by Gasteiger charge is 2.21. The monoisotopic (exact) mass is 333 g/mol. The lowest BCUT2D eigenvalue weighted by atomic mass is 10.2. The van der Waals surface area contributed by atoms with Gasteiger partial charge in [-0.1, -0.05) is 48.9 Å². The highest BCUT2D eigenvalue weighted by molar-refractivity contribution is 8.00. The van der Waals surface area contributed by atoms with E-state index < -0.39 is 0 Å². The van der Waals surface area contributed by atoms with Gasteiger partial charge in [0.15, 0.2) is 0 Å². The molecule has 0 aliphatic carbocycles. The molecule has 0 bridgehead atoms. The van der Waals surface area contributed by atoms with E-state index in [1.54, 1.807) is 16.7 Å². The smallest absolute Gasteiger partial charge is 0.236 e. The first-order chi connectivity index (χ1) is 10.6. The minimum absolute atomic E-state index is 0.0742. The summed E-state index contributed by atoms with van der Waals surface area (Å²) in [6.07, 6.45) is 0.797. The zero-order chi connectivity index (χ0) is 15.9. The number of rotatable bonds is 6. The van der Waals surface area contributed by atoms with Crippen LogP contribution in [0.1, 0.15) is 18.9 Å². The van der Waals surface area contributed by atoms with Gasteiger partial charge in [-0.3, -0.25) is 4.79 Å². The van der Waals surface area contributed by atoms with Crippen LogP contribution in [0.15, 0.2) is 59.5 Å². The van der Waals surface area contributed by atoms with Crippen LogP contribution in [-0.4, -0.2) is 23.1 Å². The lowest BCUT2D eigenvalue weighted by Gasteiger charge is -2.23. The summed E-state index contributed by atoms with van der Waals surface area (Å²) in [5.41, 5.74) is 1.14. The van der Waals surface area contributed by atoms with E-state index in [4.69, 9.17) is 11.6 Å². The van der Waals surface area contributed by atoms with Gasteiger partial charge in [0.05, 0.1) is 5.25 Å². The van der Waals surface area contributed by atoms with Crippen molar-refractivity contribution in [2.75, 3.05) is 7.05 Å². The van der Waals surface area contributed by atoms with Crippen LogP contribution in [0.4, 0.5) is 0 Å². The fourth-order valence-electron chi connectivity index (χ4n) is 2.17. The third kappa shape index (κ3) is 4.79. The van der Waals surface area contributed by atoms with Gasteiger partial charge >= 0.3 is 0 Å². The van der Waals surface area contributed by atoms with Crippen molar-refractivity contribution in [1.29, 1.82) is 0 Å². The van der Waals surface area contributed by atoms with Crippen LogP contribution in [0.3, 0.4) is 0 Å². The molecule has 0 unspecified atom stereocenters. The molecule has 0 aliphatic rings. The van der Waals surface area contributed by atoms with Crippen LogP contribution in [0.5, 0.6) is 0 Å². The summed E-state index contributed by atoms with van der Waals surface area (Å²) in [5.74, 6) is 0.159. The van der Waals surface area contributed by atoms with Crippen LogP contribution in [-0.2, 0) is 11.3 Å². The molecule has 0 aromatic heterocycles. The van der Waals surface area contributed by atoms with Crippen molar-refractivity contribution in [3.8, 4) is 0 Å². The summed E-state index contributed by atoms with van der Waals surface area (Å²) >= 11 is 7.50. The molecular weight excluding hydrogens is 314 g/mol. The predicted octanol–water partition coefficient (Wildman–Crippen LogP) is 4.87. The minimum Gasteiger partial charge on any atom is -0.340 e. The van der Waals surface area contributed by atoms with E-state index >= 15 is 0 Å². The highest BCUT2D eigenvalue weighted by Crippen LogP contribution is 2.28. The van der Waals surface area contributed by atoms with Crippen molar-refractivity contribution in [1.82, 2.24) is 4.90 Å². The Morgan fingerprint density at radius 1 is 1.14 bits per heavy atom. The predicted molar refractivity (Wildman–Crippen MR) is 94.3 cm³/mol. The van der Waals surface area contributed by atoms with Gasteiger partial charge in [0.1, 0.15) is 0 Å².